The number of nitrogens with zero attached hydrogens (tertiary/aromatic N) is 1. The molecule has 0 spiro atoms. The van der Waals surface area contributed by atoms with Crippen molar-refractivity contribution >= 4 is 50.5 Å². The molecule has 2 aromatic carbocycles. The molecule has 0 radical (unpaired) electrons. The molecule has 1 aliphatic rings. The SMILES string of the molecule is O=C1Nc2ccccc2/C1=C\c1csc(-c2cccc(Br)c2)n1. The molecule has 112 valence electrons. The summed E-state index contributed by atoms with van der Waals surface area (Å²) in [6, 6.07) is 15.7. The molecule has 1 N–H and O–H groups in total. The minimum absolute atomic E-state index is 0.0804. The number of hydrogen-bond acceptors (Lipinski definition) is 3. The largest absolute Gasteiger partial charge is 0.321 e. The number of aromatic nitrogens is 1. The van der Waals surface area contributed by atoms with E-state index < -0.39 is 0 Å². The molecule has 5 heteroatoms. The lowest BCUT2D eigenvalue weighted by Gasteiger charge is -1.97. The van der Waals surface area contributed by atoms with Crippen LogP contribution >= 0.6 is 27.3 Å². The van der Waals surface area contributed by atoms with Crippen LogP contribution < -0.4 is 5.32 Å². The Morgan fingerprint density at radius 3 is 2.87 bits per heavy atom. The summed E-state index contributed by atoms with van der Waals surface area (Å²) in [6.45, 7) is 0. The standard InChI is InChI=1S/C18H11BrN2OS/c19-12-5-3-4-11(8-12)18-20-13(10-23-18)9-15-14-6-1-2-7-16(14)21-17(15)22/h1-10H,(H,21,22)/b15-9+. The number of halogens is 1. The van der Waals surface area contributed by atoms with Crippen LogP contribution in [-0.2, 0) is 4.79 Å². The van der Waals surface area contributed by atoms with Gasteiger partial charge in [0.25, 0.3) is 5.91 Å². The number of anilines is 1. The van der Waals surface area contributed by atoms with E-state index >= 15 is 0 Å². The van der Waals surface area contributed by atoms with E-state index in [0.717, 1.165) is 32.0 Å². The van der Waals surface area contributed by atoms with Gasteiger partial charge < -0.3 is 5.32 Å². The van der Waals surface area contributed by atoms with Crippen molar-refractivity contribution in [2.45, 2.75) is 0 Å². The third kappa shape index (κ3) is 2.73. The molecule has 3 aromatic rings. The molecule has 1 aliphatic heterocycles. The maximum atomic E-state index is 12.1. The van der Waals surface area contributed by atoms with E-state index in [2.05, 4.69) is 26.2 Å². The zero-order valence-electron chi connectivity index (χ0n) is 11.9. The zero-order valence-corrected chi connectivity index (χ0v) is 14.3. The van der Waals surface area contributed by atoms with Gasteiger partial charge in [0.1, 0.15) is 5.01 Å². The number of rotatable bonds is 2. The molecule has 1 amide bonds. The topological polar surface area (TPSA) is 42.0 Å². The average molecular weight is 383 g/mol. The second-order valence-electron chi connectivity index (χ2n) is 5.15. The number of carbonyl (C=O) groups excluding carboxylic acids is 1. The fourth-order valence-electron chi connectivity index (χ4n) is 2.54. The first-order chi connectivity index (χ1) is 11.2. The van der Waals surface area contributed by atoms with Crippen LogP contribution in [-0.4, -0.2) is 10.9 Å². The highest BCUT2D eigenvalue weighted by Gasteiger charge is 2.23. The second kappa shape index (κ2) is 5.76. The Bertz CT molecular complexity index is 945. The molecular formula is C18H11BrN2OS. The van der Waals surface area contributed by atoms with Crippen LogP contribution in [0.5, 0.6) is 0 Å². The van der Waals surface area contributed by atoms with Crippen LogP contribution in [0, 0.1) is 0 Å². The summed E-state index contributed by atoms with van der Waals surface area (Å²) < 4.78 is 1.02. The van der Waals surface area contributed by atoms with Gasteiger partial charge >= 0.3 is 0 Å². The van der Waals surface area contributed by atoms with E-state index in [1.54, 1.807) is 11.3 Å². The first kappa shape index (κ1) is 14.4. The summed E-state index contributed by atoms with van der Waals surface area (Å²) in [4.78, 5) is 16.8. The fourth-order valence-corrected chi connectivity index (χ4v) is 3.71. The Hall–Kier alpha value is -2.24. The van der Waals surface area contributed by atoms with Crippen molar-refractivity contribution in [2.24, 2.45) is 0 Å². The zero-order chi connectivity index (χ0) is 15.8. The number of fused-ring (bicyclic) bond motifs is 1. The summed E-state index contributed by atoms with van der Waals surface area (Å²) in [5.74, 6) is -0.0804. The molecule has 0 saturated carbocycles. The lowest BCUT2D eigenvalue weighted by atomic mass is 10.1. The molecular weight excluding hydrogens is 372 g/mol. The first-order valence-electron chi connectivity index (χ1n) is 7.04. The number of carbonyl (C=O) groups is 1. The summed E-state index contributed by atoms with van der Waals surface area (Å²) >= 11 is 5.04. The van der Waals surface area contributed by atoms with Gasteiger partial charge in [0.15, 0.2) is 0 Å². The van der Waals surface area contributed by atoms with E-state index in [1.165, 1.54) is 0 Å². The number of hydrogen-bond donors (Lipinski definition) is 1. The highest BCUT2D eigenvalue weighted by Crippen LogP contribution is 2.33. The number of thiazole rings is 1. The molecule has 3 nitrogen and oxygen atoms in total. The van der Waals surface area contributed by atoms with Gasteiger partial charge in [0.2, 0.25) is 0 Å². The molecule has 0 saturated heterocycles. The van der Waals surface area contributed by atoms with Crippen LogP contribution in [0.3, 0.4) is 0 Å². The summed E-state index contributed by atoms with van der Waals surface area (Å²) in [5, 5.41) is 5.78. The number of amides is 1. The summed E-state index contributed by atoms with van der Waals surface area (Å²) in [6.07, 6.45) is 1.85. The smallest absolute Gasteiger partial charge is 0.256 e. The van der Waals surface area contributed by atoms with Gasteiger partial charge in [0.05, 0.1) is 11.3 Å². The maximum absolute atomic E-state index is 12.1. The first-order valence-corrected chi connectivity index (χ1v) is 8.72. The molecule has 0 atom stereocenters. The van der Waals surface area contributed by atoms with Crippen molar-refractivity contribution < 1.29 is 4.79 Å². The fraction of sp³-hybridized carbons (Fsp3) is 0. The van der Waals surface area contributed by atoms with Crippen LogP contribution in [0.25, 0.3) is 22.2 Å². The van der Waals surface area contributed by atoms with Crippen molar-refractivity contribution in [3.8, 4) is 10.6 Å². The Morgan fingerprint density at radius 2 is 2.00 bits per heavy atom. The molecule has 23 heavy (non-hydrogen) atoms. The van der Waals surface area contributed by atoms with E-state index in [1.807, 2.05) is 60.0 Å². The van der Waals surface area contributed by atoms with E-state index in [4.69, 9.17) is 0 Å². The van der Waals surface area contributed by atoms with Gasteiger partial charge in [0, 0.05) is 26.7 Å². The van der Waals surface area contributed by atoms with Crippen LogP contribution in [0.2, 0.25) is 0 Å². The van der Waals surface area contributed by atoms with Gasteiger partial charge in [-0.2, -0.15) is 0 Å². The number of benzene rings is 2. The van der Waals surface area contributed by atoms with Gasteiger partial charge in [-0.05, 0) is 24.3 Å². The van der Waals surface area contributed by atoms with Gasteiger partial charge in [-0.1, -0.05) is 46.3 Å². The van der Waals surface area contributed by atoms with Crippen molar-refractivity contribution in [3.63, 3.8) is 0 Å². The van der Waals surface area contributed by atoms with E-state index in [9.17, 15) is 4.79 Å². The normalized spacial score (nSPS) is 14.8. The molecule has 1 aromatic heterocycles. The summed E-state index contributed by atoms with van der Waals surface area (Å²) in [7, 11) is 0. The predicted octanol–water partition coefficient (Wildman–Crippen LogP) is 5.07. The minimum Gasteiger partial charge on any atom is -0.321 e. The summed E-state index contributed by atoms with van der Waals surface area (Å²) in [5.41, 5.74) is 4.30. The molecule has 0 aliphatic carbocycles. The van der Waals surface area contributed by atoms with Gasteiger partial charge in [-0.3, -0.25) is 4.79 Å². The predicted molar refractivity (Wildman–Crippen MR) is 98.2 cm³/mol. The van der Waals surface area contributed by atoms with Crippen LogP contribution in [0.15, 0.2) is 58.4 Å². The van der Waals surface area contributed by atoms with Gasteiger partial charge in [-0.15, -0.1) is 11.3 Å². The molecule has 0 unspecified atom stereocenters. The third-order valence-electron chi connectivity index (χ3n) is 3.60. The molecule has 0 fully saturated rings. The Labute approximate surface area is 145 Å². The van der Waals surface area contributed by atoms with Crippen molar-refractivity contribution in [1.29, 1.82) is 0 Å². The molecule has 2 heterocycles. The average Bonchev–Trinajstić information content (AvgIpc) is 3.13. The third-order valence-corrected chi connectivity index (χ3v) is 5.00. The monoisotopic (exact) mass is 382 g/mol. The number of nitrogens with one attached hydrogen (secondary N) is 1. The Kier molecular flexibility index (Phi) is 3.59. The lowest BCUT2D eigenvalue weighted by molar-refractivity contribution is -0.110. The van der Waals surface area contributed by atoms with E-state index in [0.29, 0.717) is 5.57 Å². The lowest BCUT2D eigenvalue weighted by Crippen LogP contribution is -2.03. The van der Waals surface area contributed by atoms with Crippen LogP contribution in [0.1, 0.15) is 11.3 Å². The number of para-hydroxylation sites is 1. The highest BCUT2D eigenvalue weighted by molar-refractivity contribution is 9.10. The quantitative estimate of drug-likeness (QED) is 0.628. The second-order valence-corrected chi connectivity index (χ2v) is 6.92. The van der Waals surface area contributed by atoms with Gasteiger partial charge in [-0.25, -0.2) is 4.98 Å². The minimum atomic E-state index is -0.0804. The van der Waals surface area contributed by atoms with Crippen molar-refractivity contribution in [2.75, 3.05) is 5.32 Å². The Balaban J connectivity index is 1.72. The van der Waals surface area contributed by atoms with Crippen LogP contribution in [0.4, 0.5) is 5.69 Å². The molecule has 0 bridgehead atoms. The highest BCUT2D eigenvalue weighted by atomic mass is 79.9. The van der Waals surface area contributed by atoms with Crippen molar-refractivity contribution in [3.05, 3.63) is 69.6 Å². The van der Waals surface area contributed by atoms with Crippen molar-refractivity contribution in [1.82, 2.24) is 4.98 Å². The molecule has 4 rings (SSSR count). The maximum Gasteiger partial charge on any atom is 0.256 e. The Morgan fingerprint density at radius 1 is 1.13 bits per heavy atom. The van der Waals surface area contributed by atoms with E-state index in [-0.39, 0.29) is 5.91 Å².